The molecule has 1 atom stereocenters. The van der Waals surface area contributed by atoms with E-state index in [2.05, 4.69) is 0 Å². The zero-order valence-electron chi connectivity index (χ0n) is 10.8. The molecule has 1 heterocycles. The number of rotatable bonds is 3. The number of carbonyl (C=O) groups is 1. The molecule has 0 fully saturated rings. The summed E-state index contributed by atoms with van der Waals surface area (Å²) < 4.78 is 5.54. The number of carbonyl (C=O) groups excluding carboxylic acids is 1. The van der Waals surface area contributed by atoms with Crippen molar-refractivity contribution in [1.29, 1.82) is 0 Å². The minimum absolute atomic E-state index is 0.330. The molecule has 0 aliphatic heterocycles. The van der Waals surface area contributed by atoms with Gasteiger partial charge in [0.1, 0.15) is 11.5 Å². The maximum absolute atomic E-state index is 11.9. The summed E-state index contributed by atoms with van der Waals surface area (Å²) in [5.74, 6) is 1.43. The minimum Gasteiger partial charge on any atom is -0.464 e. The van der Waals surface area contributed by atoms with Crippen molar-refractivity contribution in [2.45, 2.75) is 19.9 Å². The molecule has 5 nitrogen and oxygen atoms in total. The van der Waals surface area contributed by atoms with E-state index in [9.17, 15) is 4.79 Å². The lowest BCUT2D eigenvalue weighted by molar-refractivity contribution is 0.164. The molecule has 2 aromatic rings. The predicted octanol–water partition coefficient (Wildman–Crippen LogP) is 3.25. The highest BCUT2D eigenvalue weighted by molar-refractivity contribution is 5.91. The maximum Gasteiger partial charge on any atom is 0.346 e. The predicted molar refractivity (Wildman–Crippen MR) is 71.1 cm³/mol. The number of para-hydroxylation sites is 1. The second-order valence-corrected chi connectivity index (χ2v) is 4.25. The molecule has 0 bridgehead atoms. The van der Waals surface area contributed by atoms with E-state index in [1.54, 1.807) is 17.6 Å². The van der Waals surface area contributed by atoms with Gasteiger partial charge in [-0.15, -0.1) is 0 Å². The van der Waals surface area contributed by atoms with Gasteiger partial charge in [-0.2, -0.15) is 0 Å². The third kappa shape index (κ3) is 2.77. The molecule has 0 aliphatic rings. The molecule has 1 aromatic heterocycles. The lowest BCUT2D eigenvalue weighted by Crippen LogP contribution is -2.40. The Balaban J connectivity index is 2.36. The Morgan fingerprint density at radius 1 is 1.26 bits per heavy atom. The Morgan fingerprint density at radius 2 is 1.95 bits per heavy atom. The number of nitrogens with one attached hydrogen (secondary N) is 1. The summed E-state index contributed by atoms with van der Waals surface area (Å²) in [5, 5.41) is 8.90. The Bertz CT molecular complexity index is 551. The average Bonchev–Trinajstić information content (AvgIpc) is 2.86. The first-order chi connectivity index (χ1) is 9.13. The number of urea groups is 1. The van der Waals surface area contributed by atoms with Crippen molar-refractivity contribution >= 4 is 11.7 Å². The molecule has 0 aliphatic carbocycles. The van der Waals surface area contributed by atoms with Crippen molar-refractivity contribution in [1.82, 2.24) is 5.48 Å². The molecule has 0 radical (unpaired) electrons. The van der Waals surface area contributed by atoms with E-state index in [0.29, 0.717) is 11.4 Å². The number of hydroxylamine groups is 1. The number of hydrogen-bond donors (Lipinski definition) is 2. The fourth-order valence-electron chi connectivity index (χ4n) is 1.96. The molecule has 1 aromatic carbocycles. The fraction of sp³-hybridized carbons (Fsp3) is 0.214. The van der Waals surface area contributed by atoms with Crippen LogP contribution in [0.3, 0.4) is 0 Å². The summed E-state index contributed by atoms with van der Waals surface area (Å²) >= 11 is 0. The minimum atomic E-state index is -0.604. The molecule has 0 spiro atoms. The first-order valence-electron chi connectivity index (χ1n) is 5.98. The third-order valence-electron chi connectivity index (χ3n) is 2.91. The fourth-order valence-corrected chi connectivity index (χ4v) is 1.96. The summed E-state index contributed by atoms with van der Waals surface area (Å²) in [7, 11) is 0. The van der Waals surface area contributed by atoms with Gasteiger partial charge in [-0.3, -0.25) is 10.1 Å². The smallest absolute Gasteiger partial charge is 0.346 e. The van der Waals surface area contributed by atoms with Crippen LogP contribution in [0.2, 0.25) is 0 Å². The number of furan rings is 1. The van der Waals surface area contributed by atoms with Gasteiger partial charge in [0, 0.05) is 5.69 Å². The highest BCUT2D eigenvalue weighted by atomic mass is 16.5. The van der Waals surface area contributed by atoms with Crippen molar-refractivity contribution in [3.05, 3.63) is 54.0 Å². The number of nitrogens with zero attached hydrogens (tertiary/aromatic N) is 1. The number of hydrogen-bond acceptors (Lipinski definition) is 3. The quantitative estimate of drug-likeness (QED) is 0.657. The number of benzene rings is 1. The summed E-state index contributed by atoms with van der Waals surface area (Å²) in [6.07, 6.45) is 0. The van der Waals surface area contributed by atoms with Gasteiger partial charge in [-0.25, -0.2) is 10.3 Å². The van der Waals surface area contributed by atoms with E-state index >= 15 is 0 Å². The number of amides is 2. The van der Waals surface area contributed by atoms with Crippen molar-refractivity contribution in [3.63, 3.8) is 0 Å². The van der Waals surface area contributed by atoms with Crippen LogP contribution in [-0.4, -0.2) is 11.2 Å². The summed E-state index contributed by atoms with van der Waals surface area (Å²) in [5.41, 5.74) is 2.34. The van der Waals surface area contributed by atoms with E-state index in [-0.39, 0.29) is 6.04 Å². The van der Waals surface area contributed by atoms with Crippen LogP contribution in [0, 0.1) is 6.92 Å². The molecular formula is C14H16N2O3. The van der Waals surface area contributed by atoms with E-state index < -0.39 is 6.03 Å². The van der Waals surface area contributed by atoms with E-state index in [0.717, 1.165) is 5.76 Å². The molecule has 2 amide bonds. The summed E-state index contributed by atoms with van der Waals surface area (Å²) in [4.78, 5) is 13.3. The van der Waals surface area contributed by atoms with Crippen LogP contribution in [0.25, 0.3) is 0 Å². The molecule has 0 saturated heterocycles. The highest BCUT2D eigenvalue weighted by Gasteiger charge is 2.25. The average molecular weight is 260 g/mol. The first-order valence-corrected chi connectivity index (χ1v) is 5.98. The van der Waals surface area contributed by atoms with E-state index in [4.69, 9.17) is 9.62 Å². The second-order valence-electron chi connectivity index (χ2n) is 4.25. The van der Waals surface area contributed by atoms with Crippen LogP contribution in [0.4, 0.5) is 10.5 Å². The lowest BCUT2D eigenvalue weighted by atomic mass is 10.2. The van der Waals surface area contributed by atoms with Gasteiger partial charge < -0.3 is 4.42 Å². The largest absolute Gasteiger partial charge is 0.464 e. The van der Waals surface area contributed by atoms with Gasteiger partial charge in [0.15, 0.2) is 0 Å². The Morgan fingerprint density at radius 3 is 2.47 bits per heavy atom. The lowest BCUT2D eigenvalue weighted by Gasteiger charge is -2.27. The Kier molecular flexibility index (Phi) is 3.87. The van der Waals surface area contributed by atoms with Crippen molar-refractivity contribution in [3.8, 4) is 0 Å². The zero-order valence-corrected chi connectivity index (χ0v) is 10.8. The van der Waals surface area contributed by atoms with Crippen LogP contribution < -0.4 is 10.4 Å². The molecule has 5 heteroatoms. The zero-order chi connectivity index (χ0) is 13.8. The van der Waals surface area contributed by atoms with Gasteiger partial charge in [-0.1, -0.05) is 18.2 Å². The van der Waals surface area contributed by atoms with Gasteiger partial charge in [0.25, 0.3) is 0 Å². The Hall–Kier alpha value is -2.27. The normalized spacial score (nSPS) is 11.9. The standard InChI is InChI=1S/C14H16N2O3/c1-10-8-9-13(19-10)11(2)16(14(17)15-18)12-6-4-3-5-7-12/h3-9,11,18H,1-2H3,(H,15,17). The SMILES string of the molecule is Cc1ccc(C(C)N(C(=O)NO)c2ccccc2)o1. The Labute approximate surface area is 111 Å². The molecule has 1 unspecified atom stereocenters. The molecule has 2 N–H and O–H groups in total. The topological polar surface area (TPSA) is 65.7 Å². The van der Waals surface area contributed by atoms with Gasteiger partial charge in [-0.05, 0) is 38.1 Å². The third-order valence-corrected chi connectivity index (χ3v) is 2.91. The van der Waals surface area contributed by atoms with Crippen molar-refractivity contribution in [2.24, 2.45) is 0 Å². The van der Waals surface area contributed by atoms with E-state index in [1.165, 1.54) is 4.90 Å². The first kappa shape index (κ1) is 13.2. The van der Waals surface area contributed by atoms with Gasteiger partial charge >= 0.3 is 6.03 Å². The summed E-state index contributed by atoms with van der Waals surface area (Å²) in [6, 6.07) is 11.8. The van der Waals surface area contributed by atoms with Gasteiger partial charge in [0.05, 0.1) is 6.04 Å². The second kappa shape index (κ2) is 5.58. The number of aryl methyl sites for hydroxylation is 1. The molecule has 2 rings (SSSR count). The molecule has 0 saturated carbocycles. The van der Waals surface area contributed by atoms with Crippen LogP contribution >= 0.6 is 0 Å². The van der Waals surface area contributed by atoms with Crippen molar-refractivity contribution in [2.75, 3.05) is 4.90 Å². The molecule has 19 heavy (non-hydrogen) atoms. The van der Waals surface area contributed by atoms with E-state index in [1.807, 2.05) is 44.2 Å². The van der Waals surface area contributed by atoms with Crippen molar-refractivity contribution < 1.29 is 14.4 Å². The van der Waals surface area contributed by atoms with Gasteiger partial charge in [0.2, 0.25) is 0 Å². The monoisotopic (exact) mass is 260 g/mol. The highest BCUT2D eigenvalue weighted by Crippen LogP contribution is 2.27. The molecular weight excluding hydrogens is 244 g/mol. The van der Waals surface area contributed by atoms with Crippen LogP contribution in [-0.2, 0) is 0 Å². The van der Waals surface area contributed by atoms with Crippen LogP contribution in [0.15, 0.2) is 46.9 Å². The van der Waals surface area contributed by atoms with Crippen LogP contribution in [0.1, 0.15) is 24.5 Å². The summed E-state index contributed by atoms with van der Waals surface area (Å²) in [6.45, 7) is 3.68. The van der Waals surface area contributed by atoms with Crippen LogP contribution in [0.5, 0.6) is 0 Å². The molecule has 100 valence electrons. The number of anilines is 1. The maximum atomic E-state index is 11.9.